The zero-order valence-corrected chi connectivity index (χ0v) is 15.7. The number of nitriles is 1. The van der Waals surface area contributed by atoms with E-state index in [0.29, 0.717) is 21.8 Å². The summed E-state index contributed by atoms with van der Waals surface area (Å²) in [6.45, 7) is -0.213. The zero-order chi connectivity index (χ0) is 20.3. The van der Waals surface area contributed by atoms with Crippen molar-refractivity contribution in [3.8, 4) is 6.07 Å². The van der Waals surface area contributed by atoms with Gasteiger partial charge in [0.2, 0.25) is 0 Å². The molecule has 1 aromatic heterocycles. The summed E-state index contributed by atoms with van der Waals surface area (Å²) in [6.07, 6.45) is 3.11. The number of halogens is 1. The number of aliphatic carboxylic acids is 1. The van der Waals surface area contributed by atoms with Gasteiger partial charge in [-0.05, 0) is 36.4 Å². The van der Waals surface area contributed by atoms with Gasteiger partial charge in [-0.2, -0.15) is 5.26 Å². The summed E-state index contributed by atoms with van der Waals surface area (Å²) in [6, 6.07) is 15.9. The van der Waals surface area contributed by atoms with Crippen LogP contribution in [0.4, 0.5) is 5.69 Å². The number of carboxylic acids is 1. The lowest BCUT2D eigenvalue weighted by atomic mass is 10.1. The molecule has 0 unspecified atom stereocenters. The van der Waals surface area contributed by atoms with E-state index < -0.39 is 11.9 Å². The van der Waals surface area contributed by atoms with E-state index in [0.717, 1.165) is 5.39 Å². The second-order valence-corrected chi connectivity index (χ2v) is 6.57. The van der Waals surface area contributed by atoms with Crippen molar-refractivity contribution < 1.29 is 14.7 Å². The van der Waals surface area contributed by atoms with Crippen LogP contribution in [0.15, 0.2) is 60.3 Å². The third-order valence-electron chi connectivity index (χ3n) is 4.29. The number of benzene rings is 2. The van der Waals surface area contributed by atoms with Crippen molar-refractivity contribution in [3.05, 3.63) is 70.9 Å². The summed E-state index contributed by atoms with van der Waals surface area (Å²) in [7, 11) is 1.57. The molecule has 3 rings (SSSR count). The van der Waals surface area contributed by atoms with Crippen LogP contribution < -0.4 is 4.90 Å². The van der Waals surface area contributed by atoms with Crippen LogP contribution in [0.25, 0.3) is 17.0 Å². The molecule has 28 heavy (non-hydrogen) atoms. The second-order valence-electron chi connectivity index (χ2n) is 6.13. The normalized spacial score (nSPS) is 11.2. The largest absolute Gasteiger partial charge is 0.480 e. The highest BCUT2D eigenvalue weighted by Crippen LogP contribution is 2.25. The van der Waals surface area contributed by atoms with Gasteiger partial charge >= 0.3 is 5.97 Å². The van der Waals surface area contributed by atoms with Crippen LogP contribution >= 0.6 is 11.6 Å². The third kappa shape index (κ3) is 3.90. The number of rotatable bonds is 5. The Labute approximate surface area is 166 Å². The van der Waals surface area contributed by atoms with Gasteiger partial charge in [0.05, 0.1) is 0 Å². The molecule has 0 aliphatic rings. The number of carbonyl (C=O) groups is 2. The molecule has 0 saturated heterocycles. The number of aromatic nitrogens is 1. The molecule has 0 aliphatic carbocycles. The van der Waals surface area contributed by atoms with Crippen molar-refractivity contribution in [2.75, 3.05) is 11.9 Å². The second kappa shape index (κ2) is 7.99. The number of amides is 1. The molecule has 3 aromatic rings. The predicted molar refractivity (Wildman–Crippen MR) is 108 cm³/mol. The Balaban J connectivity index is 2.01. The molecule has 0 spiro atoms. The van der Waals surface area contributed by atoms with Crippen molar-refractivity contribution >= 4 is 46.1 Å². The number of hydrogen-bond donors (Lipinski definition) is 1. The summed E-state index contributed by atoms with van der Waals surface area (Å²) in [5, 5.41) is 20.0. The molecule has 0 bridgehead atoms. The highest BCUT2D eigenvalue weighted by molar-refractivity contribution is 6.30. The van der Waals surface area contributed by atoms with Gasteiger partial charge in [0, 0.05) is 40.4 Å². The average molecular weight is 394 g/mol. The molecule has 0 atom stereocenters. The molecule has 6 nitrogen and oxygen atoms in total. The van der Waals surface area contributed by atoms with Gasteiger partial charge in [-0.25, -0.2) is 0 Å². The van der Waals surface area contributed by atoms with Gasteiger partial charge in [0.25, 0.3) is 5.91 Å². The van der Waals surface area contributed by atoms with Gasteiger partial charge in [-0.1, -0.05) is 29.8 Å². The van der Waals surface area contributed by atoms with Crippen molar-refractivity contribution in [2.24, 2.45) is 0 Å². The predicted octanol–water partition coefficient (Wildman–Crippen LogP) is 3.95. The molecule has 0 saturated carbocycles. The maximum absolute atomic E-state index is 12.8. The molecule has 140 valence electrons. The third-order valence-corrected chi connectivity index (χ3v) is 4.55. The average Bonchev–Trinajstić information content (AvgIpc) is 3.02. The van der Waals surface area contributed by atoms with Crippen molar-refractivity contribution in [1.82, 2.24) is 4.57 Å². The van der Waals surface area contributed by atoms with E-state index in [2.05, 4.69) is 0 Å². The number of anilines is 1. The molecule has 1 amide bonds. The van der Waals surface area contributed by atoms with Crippen LogP contribution in [-0.4, -0.2) is 28.6 Å². The number of nitrogens with zero attached hydrogens (tertiary/aromatic N) is 3. The van der Waals surface area contributed by atoms with E-state index in [-0.39, 0.29) is 12.1 Å². The Morgan fingerprint density at radius 1 is 1.21 bits per heavy atom. The fourth-order valence-electron chi connectivity index (χ4n) is 2.93. The van der Waals surface area contributed by atoms with Gasteiger partial charge in [0.15, 0.2) is 0 Å². The van der Waals surface area contributed by atoms with E-state index in [4.69, 9.17) is 16.7 Å². The fraction of sp³-hybridized carbons (Fsp3) is 0.0952. The van der Waals surface area contributed by atoms with E-state index in [9.17, 15) is 14.9 Å². The molecular formula is C21H16ClN3O3. The molecule has 2 aromatic carbocycles. The first-order valence-electron chi connectivity index (χ1n) is 8.36. The summed E-state index contributed by atoms with van der Waals surface area (Å²) in [4.78, 5) is 25.3. The maximum Gasteiger partial charge on any atom is 0.323 e. The summed E-state index contributed by atoms with van der Waals surface area (Å²) < 4.78 is 1.58. The van der Waals surface area contributed by atoms with Crippen molar-refractivity contribution in [2.45, 2.75) is 6.54 Å². The first-order valence-corrected chi connectivity index (χ1v) is 8.73. The minimum atomic E-state index is -0.977. The Morgan fingerprint density at radius 2 is 1.89 bits per heavy atom. The molecular weight excluding hydrogens is 378 g/mol. The summed E-state index contributed by atoms with van der Waals surface area (Å²) in [5.41, 5.74) is 1.86. The Bertz CT molecular complexity index is 1120. The van der Waals surface area contributed by atoms with Crippen LogP contribution in [0, 0.1) is 11.3 Å². The Hall–Kier alpha value is -3.56. The fourth-order valence-corrected chi connectivity index (χ4v) is 3.05. The smallest absolute Gasteiger partial charge is 0.323 e. The van der Waals surface area contributed by atoms with Crippen LogP contribution in [0.2, 0.25) is 5.02 Å². The van der Waals surface area contributed by atoms with E-state index in [1.165, 1.54) is 11.0 Å². The topological polar surface area (TPSA) is 86.3 Å². The van der Waals surface area contributed by atoms with Crippen LogP contribution in [-0.2, 0) is 16.1 Å². The number of fused-ring (bicyclic) bond motifs is 1. The van der Waals surface area contributed by atoms with Crippen molar-refractivity contribution in [3.63, 3.8) is 0 Å². The monoisotopic (exact) mass is 393 g/mol. The number of likely N-dealkylation sites (N-methyl/N-ethyl adjacent to an activating group) is 1. The lowest BCUT2D eigenvalue weighted by molar-refractivity contribution is -0.137. The first-order chi connectivity index (χ1) is 13.4. The molecule has 1 N–H and O–H groups in total. The Kier molecular flexibility index (Phi) is 5.48. The minimum absolute atomic E-state index is 0.0596. The van der Waals surface area contributed by atoms with Gasteiger partial charge in [-0.3, -0.25) is 9.59 Å². The first kappa shape index (κ1) is 19.2. The number of carboxylic acid groups (broad SMARTS) is 1. The number of carbonyl (C=O) groups excluding carboxylic acids is 1. The minimum Gasteiger partial charge on any atom is -0.480 e. The van der Waals surface area contributed by atoms with E-state index in [1.54, 1.807) is 54.2 Å². The van der Waals surface area contributed by atoms with E-state index in [1.807, 2.05) is 18.2 Å². The lowest BCUT2D eigenvalue weighted by Crippen LogP contribution is -2.27. The highest BCUT2D eigenvalue weighted by atomic mass is 35.5. The zero-order valence-electron chi connectivity index (χ0n) is 15.0. The molecule has 1 heterocycles. The highest BCUT2D eigenvalue weighted by Gasteiger charge is 2.18. The lowest BCUT2D eigenvalue weighted by Gasteiger charge is -2.16. The SMILES string of the molecule is CN(C(=O)C(C#N)=Cc1cn(CC(=O)O)c2ccccc12)c1ccc(Cl)cc1. The summed E-state index contributed by atoms with van der Waals surface area (Å²) >= 11 is 5.88. The standard InChI is InChI=1S/C21H16ClN3O3/c1-24(17-8-6-16(22)7-9-17)21(28)14(11-23)10-15-12-25(13-20(26)27)19-5-3-2-4-18(15)19/h2-10,12H,13H2,1H3,(H,26,27). The van der Waals surface area contributed by atoms with Crippen molar-refractivity contribution in [1.29, 1.82) is 5.26 Å². The van der Waals surface area contributed by atoms with Gasteiger partial charge in [-0.15, -0.1) is 0 Å². The van der Waals surface area contributed by atoms with Gasteiger partial charge in [0.1, 0.15) is 18.2 Å². The van der Waals surface area contributed by atoms with Crippen LogP contribution in [0.5, 0.6) is 0 Å². The van der Waals surface area contributed by atoms with Crippen LogP contribution in [0.1, 0.15) is 5.56 Å². The summed E-state index contributed by atoms with van der Waals surface area (Å²) in [5.74, 6) is -1.45. The maximum atomic E-state index is 12.8. The van der Waals surface area contributed by atoms with E-state index >= 15 is 0 Å². The molecule has 0 fully saturated rings. The number of hydrogen-bond acceptors (Lipinski definition) is 3. The van der Waals surface area contributed by atoms with Crippen LogP contribution in [0.3, 0.4) is 0 Å². The quantitative estimate of drug-likeness (QED) is 0.525. The Morgan fingerprint density at radius 3 is 2.54 bits per heavy atom. The molecule has 0 radical (unpaired) electrons. The molecule has 7 heteroatoms. The molecule has 0 aliphatic heterocycles. The van der Waals surface area contributed by atoms with Gasteiger partial charge < -0.3 is 14.6 Å². The number of para-hydroxylation sites is 1.